The van der Waals surface area contributed by atoms with Gasteiger partial charge in [-0.2, -0.15) is 0 Å². The first kappa shape index (κ1) is 20.0. The second kappa shape index (κ2) is 8.20. The molecule has 0 fully saturated rings. The molecule has 0 aliphatic heterocycles. The third-order valence-electron chi connectivity index (χ3n) is 2.47. The Morgan fingerprint density at radius 3 is 1.50 bits per heavy atom. The molecule has 0 amide bonds. The summed E-state index contributed by atoms with van der Waals surface area (Å²) in [5.41, 5.74) is 10.3. The van der Waals surface area contributed by atoms with Crippen molar-refractivity contribution in [1.82, 2.24) is 22.0 Å². The van der Waals surface area contributed by atoms with Crippen LogP contribution in [0.4, 0.5) is 0 Å². The monoisotopic (exact) mass is 338 g/mol. The molecule has 0 spiro atoms. The van der Waals surface area contributed by atoms with E-state index in [4.69, 9.17) is 9.68 Å². The van der Waals surface area contributed by atoms with Crippen LogP contribution in [0.25, 0.3) is 0 Å². The van der Waals surface area contributed by atoms with Crippen LogP contribution < -0.4 is 22.0 Å². The Labute approximate surface area is 142 Å². The molecule has 0 radical (unpaired) electrons. The van der Waals surface area contributed by atoms with E-state index < -0.39 is 11.9 Å². The van der Waals surface area contributed by atoms with Crippen LogP contribution in [-0.4, -0.2) is 23.0 Å². The summed E-state index contributed by atoms with van der Waals surface area (Å²) in [6.45, 7) is 11.4. The van der Waals surface area contributed by atoms with Crippen LogP contribution in [0.2, 0.25) is 0 Å². The van der Waals surface area contributed by atoms with Crippen LogP contribution in [-0.2, 0) is 9.68 Å². The minimum atomic E-state index is -0.623. The molecule has 134 valence electrons. The molecule has 8 heteroatoms. The van der Waals surface area contributed by atoms with Gasteiger partial charge in [-0.1, -0.05) is 17.2 Å². The lowest BCUT2D eigenvalue weighted by atomic mass is 10.1. The average Bonchev–Trinajstić information content (AvgIpc) is 2.44. The maximum atomic E-state index is 11.9. The fraction of sp³-hybridized carbons (Fsp3) is 0.500. The van der Waals surface area contributed by atoms with E-state index in [2.05, 4.69) is 22.0 Å². The van der Waals surface area contributed by atoms with Crippen molar-refractivity contribution in [2.24, 2.45) is 0 Å². The van der Waals surface area contributed by atoms with E-state index in [1.54, 1.807) is 18.2 Å². The predicted octanol–water partition coefficient (Wildman–Crippen LogP) is 1.62. The lowest BCUT2D eigenvalue weighted by molar-refractivity contribution is 0.00435. The van der Waals surface area contributed by atoms with Gasteiger partial charge in [0.25, 0.3) is 0 Å². The van der Waals surface area contributed by atoms with Gasteiger partial charge < -0.3 is 9.68 Å². The summed E-state index contributed by atoms with van der Waals surface area (Å²) in [6, 6.07) is 6.04. The van der Waals surface area contributed by atoms with Gasteiger partial charge in [0.15, 0.2) is 0 Å². The van der Waals surface area contributed by atoms with Crippen LogP contribution >= 0.6 is 0 Å². The van der Waals surface area contributed by atoms with E-state index in [1.165, 1.54) is 6.07 Å². The lowest BCUT2D eigenvalue weighted by Gasteiger charge is -2.20. The number of carbonyl (C=O) groups is 2. The minimum absolute atomic E-state index is 0.219. The van der Waals surface area contributed by atoms with Crippen LogP contribution in [0.3, 0.4) is 0 Å². The Morgan fingerprint density at radius 2 is 1.17 bits per heavy atom. The Bertz CT molecular complexity index is 529. The molecule has 0 heterocycles. The van der Waals surface area contributed by atoms with Crippen LogP contribution in [0.15, 0.2) is 24.3 Å². The van der Waals surface area contributed by atoms with Gasteiger partial charge in [0.1, 0.15) is 0 Å². The number of hydrogen-bond donors (Lipinski definition) is 4. The number of hydrazine groups is 2. The molecule has 0 unspecified atom stereocenters. The molecule has 24 heavy (non-hydrogen) atoms. The van der Waals surface area contributed by atoms with Gasteiger partial charge in [-0.25, -0.2) is 20.4 Å². The molecule has 0 atom stereocenters. The van der Waals surface area contributed by atoms with Gasteiger partial charge >= 0.3 is 11.9 Å². The smallest absolute Gasteiger partial charge is 0.351 e. The van der Waals surface area contributed by atoms with E-state index in [1.807, 2.05) is 41.5 Å². The molecule has 8 nitrogen and oxygen atoms in total. The van der Waals surface area contributed by atoms with E-state index in [0.717, 1.165) is 0 Å². The molecule has 0 aliphatic rings. The van der Waals surface area contributed by atoms with Crippen molar-refractivity contribution in [1.29, 1.82) is 0 Å². The first-order valence-electron chi connectivity index (χ1n) is 7.55. The Hall–Kier alpha value is -2.00. The van der Waals surface area contributed by atoms with E-state index in [9.17, 15) is 9.59 Å². The maximum Gasteiger partial charge on any atom is 0.358 e. The van der Waals surface area contributed by atoms with Crippen LogP contribution in [0.1, 0.15) is 62.3 Å². The Balaban J connectivity index is 2.59. The van der Waals surface area contributed by atoms with Crippen molar-refractivity contribution in [3.63, 3.8) is 0 Å². The van der Waals surface area contributed by atoms with E-state index >= 15 is 0 Å². The van der Waals surface area contributed by atoms with Gasteiger partial charge in [-0.15, -0.1) is 0 Å². The predicted molar refractivity (Wildman–Crippen MR) is 89.3 cm³/mol. The molecule has 1 aromatic carbocycles. The molecule has 0 saturated carbocycles. The third-order valence-corrected chi connectivity index (χ3v) is 2.47. The van der Waals surface area contributed by atoms with Crippen LogP contribution in [0.5, 0.6) is 0 Å². The summed E-state index contributed by atoms with van der Waals surface area (Å²) >= 11 is 0. The summed E-state index contributed by atoms with van der Waals surface area (Å²) < 4.78 is 0. The molecule has 0 saturated heterocycles. The molecule has 0 aromatic heterocycles. The molecule has 0 aliphatic carbocycles. The van der Waals surface area contributed by atoms with Gasteiger partial charge in [-0.05, 0) is 59.7 Å². The zero-order chi connectivity index (χ0) is 18.4. The second-order valence-corrected chi connectivity index (χ2v) is 7.31. The Morgan fingerprint density at radius 1 is 0.792 bits per heavy atom. The summed E-state index contributed by atoms with van der Waals surface area (Å²) in [5.74, 6) is -1.25. The Kier molecular flexibility index (Phi) is 6.85. The van der Waals surface area contributed by atoms with Crippen molar-refractivity contribution >= 4 is 11.9 Å². The molecule has 1 rings (SSSR count). The fourth-order valence-corrected chi connectivity index (χ4v) is 1.34. The number of rotatable bonds is 6. The van der Waals surface area contributed by atoms with Crippen molar-refractivity contribution in [2.45, 2.75) is 52.6 Å². The zero-order valence-corrected chi connectivity index (χ0v) is 14.9. The van der Waals surface area contributed by atoms with Gasteiger partial charge in [0, 0.05) is 11.1 Å². The van der Waals surface area contributed by atoms with Gasteiger partial charge in [0.2, 0.25) is 0 Å². The first-order valence-corrected chi connectivity index (χ1v) is 7.55. The maximum absolute atomic E-state index is 11.9. The lowest BCUT2D eigenvalue weighted by Crippen LogP contribution is -2.46. The fourth-order valence-electron chi connectivity index (χ4n) is 1.34. The SMILES string of the molecule is CC(C)(C)NNOC(=O)c1cccc(C(=O)ONNC(C)(C)C)c1. The number of carbonyl (C=O) groups excluding carboxylic acids is 2. The van der Waals surface area contributed by atoms with Crippen LogP contribution in [0, 0.1) is 0 Å². The zero-order valence-electron chi connectivity index (χ0n) is 14.9. The molecule has 0 bridgehead atoms. The molecule has 4 N–H and O–H groups in total. The summed E-state index contributed by atoms with van der Waals surface area (Å²) in [7, 11) is 0. The minimum Gasteiger partial charge on any atom is -0.351 e. The molecular weight excluding hydrogens is 312 g/mol. The van der Waals surface area contributed by atoms with E-state index in [0.29, 0.717) is 0 Å². The second-order valence-electron chi connectivity index (χ2n) is 7.31. The quantitative estimate of drug-likeness (QED) is 0.581. The van der Waals surface area contributed by atoms with Crippen molar-refractivity contribution in [3.8, 4) is 0 Å². The van der Waals surface area contributed by atoms with Gasteiger partial charge in [0.05, 0.1) is 11.1 Å². The standard InChI is InChI=1S/C16H26N4O4/c1-15(2,3)17-19-23-13(21)11-8-7-9-12(10-11)14(22)24-20-18-16(4,5)6/h7-10,17-20H,1-6H3. The first-order chi connectivity index (χ1) is 11.0. The summed E-state index contributed by atoms with van der Waals surface area (Å²) in [5, 5.41) is 0. The highest BCUT2D eigenvalue weighted by molar-refractivity contribution is 5.95. The topological polar surface area (TPSA) is 101 Å². The van der Waals surface area contributed by atoms with Crippen molar-refractivity contribution in [2.75, 3.05) is 0 Å². The summed E-state index contributed by atoms with van der Waals surface area (Å²) in [4.78, 5) is 33.7. The number of benzene rings is 1. The summed E-state index contributed by atoms with van der Waals surface area (Å²) in [6.07, 6.45) is 0. The van der Waals surface area contributed by atoms with Crippen molar-refractivity contribution < 1.29 is 19.3 Å². The molecular formula is C16H26N4O4. The number of hydrogen-bond acceptors (Lipinski definition) is 8. The average molecular weight is 338 g/mol. The highest BCUT2D eigenvalue weighted by atomic mass is 16.7. The molecule has 1 aromatic rings. The van der Waals surface area contributed by atoms with Gasteiger partial charge in [-0.3, -0.25) is 0 Å². The largest absolute Gasteiger partial charge is 0.358 e. The van der Waals surface area contributed by atoms with E-state index in [-0.39, 0.29) is 22.2 Å². The third kappa shape index (κ3) is 8.02. The highest BCUT2D eigenvalue weighted by Crippen LogP contribution is 2.08. The highest BCUT2D eigenvalue weighted by Gasteiger charge is 2.15. The normalized spacial score (nSPS) is 11.9. The number of nitrogens with one attached hydrogen (secondary N) is 4. The van der Waals surface area contributed by atoms with Crippen molar-refractivity contribution in [3.05, 3.63) is 35.4 Å².